The number of hydrogen-bond donors (Lipinski definition) is 4. The molecule has 1 amide bonds. The van der Waals surface area contributed by atoms with Crippen molar-refractivity contribution in [1.82, 2.24) is 10.3 Å². The molecule has 41 heavy (non-hydrogen) atoms. The molecule has 2 aromatic carbocycles. The van der Waals surface area contributed by atoms with Crippen LogP contribution in [0.25, 0.3) is 0 Å². The lowest BCUT2D eigenvalue weighted by Crippen LogP contribution is -2.45. The molecule has 0 aliphatic carbocycles. The van der Waals surface area contributed by atoms with Crippen LogP contribution in [0.5, 0.6) is 0 Å². The average molecular weight is 603 g/mol. The summed E-state index contributed by atoms with van der Waals surface area (Å²) in [7, 11) is 0. The molecular formula is C30H30Cl2F2N4O3. The summed E-state index contributed by atoms with van der Waals surface area (Å²) in [6.07, 6.45) is 0.467. The van der Waals surface area contributed by atoms with Gasteiger partial charge in [0.25, 0.3) is 0 Å². The zero-order chi connectivity index (χ0) is 30.1. The second kappa shape index (κ2) is 11.9. The van der Waals surface area contributed by atoms with Gasteiger partial charge in [-0.3, -0.25) is 9.59 Å². The van der Waals surface area contributed by atoms with E-state index in [4.69, 9.17) is 23.2 Å². The number of nitrogens with zero attached hydrogens (tertiary/aromatic N) is 1. The maximum absolute atomic E-state index is 15.7. The first-order valence-electron chi connectivity index (χ1n) is 13.0. The summed E-state index contributed by atoms with van der Waals surface area (Å²) in [6.45, 7) is 5.60. The molecule has 11 heteroatoms. The summed E-state index contributed by atoms with van der Waals surface area (Å²) >= 11 is 12.2. The fourth-order valence-corrected chi connectivity index (χ4v) is 6.05. The second-order valence-corrected chi connectivity index (χ2v) is 12.3. The predicted molar refractivity (Wildman–Crippen MR) is 154 cm³/mol. The Kier molecular flexibility index (Phi) is 8.90. The highest BCUT2D eigenvalue weighted by atomic mass is 35.5. The molecule has 1 aromatic heterocycles. The van der Waals surface area contributed by atoms with E-state index in [1.807, 2.05) is 20.8 Å². The van der Waals surface area contributed by atoms with Crippen molar-refractivity contribution in [3.63, 3.8) is 0 Å². The first-order chi connectivity index (χ1) is 19.3. The van der Waals surface area contributed by atoms with E-state index in [1.54, 1.807) is 0 Å². The molecule has 1 saturated heterocycles. The van der Waals surface area contributed by atoms with Crippen LogP contribution in [0, 0.1) is 28.4 Å². The topological polar surface area (TPSA) is 118 Å². The molecule has 0 spiro atoms. The van der Waals surface area contributed by atoms with Crippen LogP contribution in [-0.2, 0) is 16.6 Å². The Morgan fingerprint density at radius 2 is 1.90 bits per heavy atom. The van der Waals surface area contributed by atoms with E-state index in [-0.39, 0.29) is 39.9 Å². The molecule has 3 aromatic rings. The van der Waals surface area contributed by atoms with Crippen molar-refractivity contribution in [2.45, 2.75) is 57.0 Å². The van der Waals surface area contributed by atoms with E-state index >= 15 is 8.78 Å². The van der Waals surface area contributed by atoms with E-state index < -0.39 is 51.9 Å². The van der Waals surface area contributed by atoms with E-state index in [2.05, 4.69) is 21.7 Å². The Labute approximate surface area is 246 Å². The number of nitriles is 1. The lowest BCUT2D eigenvalue weighted by molar-refractivity contribution is -0.118. The summed E-state index contributed by atoms with van der Waals surface area (Å²) in [5.74, 6) is -3.50. The number of aliphatic hydroxyl groups is 1. The van der Waals surface area contributed by atoms with Crippen molar-refractivity contribution in [3.8, 4) is 6.07 Å². The van der Waals surface area contributed by atoms with Crippen molar-refractivity contribution >= 4 is 34.8 Å². The molecule has 1 aliphatic heterocycles. The summed E-state index contributed by atoms with van der Waals surface area (Å²) in [5, 5.41) is 26.0. The first kappa shape index (κ1) is 30.7. The summed E-state index contributed by atoms with van der Waals surface area (Å²) in [4.78, 5) is 28.7. The Balaban J connectivity index is 1.94. The number of hydrogen-bond acceptors (Lipinski definition) is 5. The summed E-state index contributed by atoms with van der Waals surface area (Å²) in [5.41, 5.74) is -2.19. The molecule has 0 radical (unpaired) electrons. The zero-order valence-corrected chi connectivity index (χ0v) is 24.2. The average Bonchev–Trinajstić information content (AvgIpc) is 3.18. The molecule has 2 heterocycles. The van der Waals surface area contributed by atoms with Crippen LogP contribution >= 0.6 is 23.2 Å². The van der Waals surface area contributed by atoms with E-state index in [0.29, 0.717) is 12.1 Å². The van der Waals surface area contributed by atoms with Crippen LogP contribution in [0.15, 0.2) is 53.3 Å². The highest BCUT2D eigenvalue weighted by Gasteiger charge is 2.61. The van der Waals surface area contributed by atoms with E-state index in [0.717, 1.165) is 6.07 Å². The van der Waals surface area contributed by atoms with Crippen molar-refractivity contribution in [3.05, 3.63) is 97.4 Å². The lowest BCUT2D eigenvalue weighted by Gasteiger charge is -2.37. The number of halogens is 4. The SMILES string of the molecule is CC(C)(C)C[C@@H]1N[C@@H](C(=O)Nc2cc(CCO)[nH]c(=O)c2)[C@H](c2cccc(Cl)c2F)[C@@]1(C#N)c1ccc(Cl)cc1F. The number of carbonyl (C=O) groups excluding carboxylic acids is 1. The fraction of sp³-hybridized carbons (Fsp3) is 0.367. The third-order valence-corrected chi connectivity index (χ3v) is 7.81. The molecule has 216 valence electrons. The highest BCUT2D eigenvalue weighted by molar-refractivity contribution is 6.31. The normalized spacial score (nSPS) is 22.4. The molecule has 0 unspecified atom stereocenters. The van der Waals surface area contributed by atoms with Crippen molar-refractivity contribution < 1.29 is 18.7 Å². The summed E-state index contributed by atoms with van der Waals surface area (Å²) < 4.78 is 31.5. The largest absolute Gasteiger partial charge is 0.396 e. The van der Waals surface area contributed by atoms with Crippen molar-refractivity contribution in [2.24, 2.45) is 5.41 Å². The van der Waals surface area contributed by atoms with Crippen LogP contribution in [0.1, 0.15) is 49.9 Å². The van der Waals surface area contributed by atoms with Gasteiger partial charge in [-0.2, -0.15) is 5.26 Å². The number of aliphatic hydroxyl groups excluding tert-OH is 1. The number of benzene rings is 2. The van der Waals surface area contributed by atoms with Gasteiger partial charge >= 0.3 is 0 Å². The monoisotopic (exact) mass is 602 g/mol. The number of aromatic nitrogens is 1. The van der Waals surface area contributed by atoms with Crippen molar-refractivity contribution in [2.75, 3.05) is 11.9 Å². The number of carbonyl (C=O) groups is 1. The Morgan fingerprint density at radius 3 is 2.54 bits per heavy atom. The van der Waals surface area contributed by atoms with Gasteiger partial charge in [-0.1, -0.05) is 62.2 Å². The quantitative estimate of drug-likeness (QED) is 0.286. The summed E-state index contributed by atoms with van der Waals surface area (Å²) in [6, 6.07) is 11.1. The zero-order valence-electron chi connectivity index (χ0n) is 22.7. The van der Waals surface area contributed by atoms with Crippen LogP contribution in [0.2, 0.25) is 10.0 Å². The molecular weight excluding hydrogens is 573 g/mol. The van der Waals surface area contributed by atoms with Gasteiger partial charge < -0.3 is 20.7 Å². The number of rotatable bonds is 7. The Hall–Kier alpha value is -3.29. The van der Waals surface area contributed by atoms with Gasteiger partial charge in [-0.25, -0.2) is 8.78 Å². The van der Waals surface area contributed by atoms with Gasteiger partial charge in [0.05, 0.1) is 17.1 Å². The minimum Gasteiger partial charge on any atom is -0.396 e. The maximum Gasteiger partial charge on any atom is 0.250 e. The Bertz CT molecular complexity index is 1570. The van der Waals surface area contributed by atoms with Crippen LogP contribution in [0.3, 0.4) is 0 Å². The standard InChI is InChI=1S/C30H30Cl2F2N4O3/c1-29(2,3)14-23-30(15-35,20-8-7-16(31)11-22(20)33)25(19-5-4-6-21(32)26(19)34)27(38-23)28(41)37-18-12-17(9-10-39)36-24(40)13-18/h4-8,11-13,23,25,27,38-39H,9-10,14H2,1-3H3,(H2,36,37,40,41)/t23-,25-,27+,30-/m0/s1. The predicted octanol–water partition coefficient (Wildman–Crippen LogP) is 5.46. The number of nitrogens with one attached hydrogen (secondary N) is 3. The number of aromatic amines is 1. The molecule has 4 atom stereocenters. The van der Waals surface area contributed by atoms with E-state index in [9.17, 15) is 20.0 Å². The Morgan fingerprint density at radius 1 is 1.17 bits per heavy atom. The molecule has 4 rings (SSSR count). The number of H-pyrrole nitrogens is 1. The van der Waals surface area contributed by atoms with Gasteiger partial charge in [0.1, 0.15) is 17.0 Å². The van der Waals surface area contributed by atoms with Gasteiger partial charge in [0, 0.05) is 53.0 Å². The lowest BCUT2D eigenvalue weighted by atomic mass is 9.62. The van der Waals surface area contributed by atoms with Gasteiger partial charge in [0.2, 0.25) is 11.5 Å². The van der Waals surface area contributed by atoms with Crippen LogP contribution in [-0.4, -0.2) is 34.7 Å². The first-order valence-corrected chi connectivity index (χ1v) is 13.8. The maximum atomic E-state index is 15.7. The minimum absolute atomic E-state index is 0.0350. The highest BCUT2D eigenvalue weighted by Crippen LogP contribution is 2.52. The smallest absolute Gasteiger partial charge is 0.250 e. The second-order valence-electron chi connectivity index (χ2n) is 11.4. The van der Waals surface area contributed by atoms with Crippen LogP contribution < -0.4 is 16.2 Å². The molecule has 0 bridgehead atoms. The van der Waals surface area contributed by atoms with Gasteiger partial charge in [0.15, 0.2) is 0 Å². The van der Waals surface area contributed by atoms with Crippen molar-refractivity contribution in [1.29, 1.82) is 5.26 Å². The minimum atomic E-state index is -1.77. The third kappa shape index (κ3) is 6.16. The molecule has 7 nitrogen and oxygen atoms in total. The fourth-order valence-electron chi connectivity index (χ4n) is 5.71. The van der Waals surface area contributed by atoms with Crippen LogP contribution in [0.4, 0.5) is 14.5 Å². The molecule has 1 aliphatic rings. The van der Waals surface area contributed by atoms with Gasteiger partial charge in [-0.15, -0.1) is 0 Å². The van der Waals surface area contributed by atoms with E-state index in [1.165, 1.54) is 42.5 Å². The molecule has 4 N–H and O–H groups in total. The molecule has 1 fully saturated rings. The third-order valence-electron chi connectivity index (χ3n) is 7.28. The number of anilines is 1. The van der Waals surface area contributed by atoms with Gasteiger partial charge in [-0.05, 0) is 41.7 Å². The number of pyridine rings is 1. The number of amides is 1. The molecule has 0 saturated carbocycles.